The molecule has 6 aromatic carbocycles. The zero-order chi connectivity index (χ0) is 35.3. The van der Waals surface area contributed by atoms with Gasteiger partial charge < -0.3 is 4.57 Å². The molecule has 0 saturated carbocycles. The highest BCUT2D eigenvalue weighted by molar-refractivity contribution is 6.10. The standard InChI is InChI=1S/C44H33F3N4/c1-43(2,3)33-23-25-35-34-16-10-11-17-37(34)51(39(35)27-33)38-26-31(28-18-21-32(22-19-28)44(45,46)47)20-24-36(38)42-49-40(29-12-6-4-7-13-29)48-41(50-42)30-14-8-5-9-15-30/h4-27H,1-3H3. The molecule has 8 rings (SSSR count). The summed E-state index contributed by atoms with van der Waals surface area (Å²) in [6.07, 6.45) is -4.42. The van der Waals surface area contributed by atoms with Gasteiger partial charge in [0, 0.05) is 27.5 Å². The molecular formula is C44H33F3N4. The average Bonchev–Trinajstić information content (AvgIpc) is 3.48. The van der Waals surface area contributed by atoms with Gasteiger partial charge in [-0.15, -0.1) is 0 Å². The Bertz CT molecular complexity index is 2470. The summed E-state index contributed by atoms with van der Waals surface area (Å²) in [5, 5.41) is 2.18. The van der Waals surface area contributed by atoms with E-state index in [0.717, 1.165) is 61.9 Å². The van der Waals surface area contributed by atoms with Gasteiger partial charge in [-0.1, -0.05) is 130 Å². The van der Waals surface area contributed by atoms with E-state index in [1.54, 1.807) is 0 Å². The molecule has 0 aliphatic carbocycles. The largest absolute Gasteiger partial charge is 0.416 e. The van der Waals surface area contributed by atoms with Crippen LogP contribution in [-0.4, -0.2) is 19.5 Å². The number of para-hydroxylation sites is 1. The van der Waals surface area contributed by atoms with Crippen LogP contribution in [0.25, 0.3) is 72.8 Å². The monoisotopic (exact) mass is 674 g/mol. The van der Waals surface area contributed by atoms with E-state index < -0.39 is 11.7 Å². The number of hydrogen-bond acceptors (Lipinski definition) is 3. The number of rotatable bonds is 5. The minimum absolute atomic E-state index is 0.107. The highest BCUT2D eigenvalue weighted by Gasteiger charge is 2.30. The van der Waals surface area contributed by atoms with E-state index in [2.05, 4.69) is 55.7 Å². The van der Waals surface area contributed by atoms with Crippen LogP contribution in [-0.2, 0) is 11.6 Å². The van der Waals surface area contributed by atoms with Crippen molar-refractivity contribution in [2.24, 2.45) is 0 Å². The lowest BCUT2D eigenvalue weighted by atomic mass is 9.86. The number of alkyl halides is 3. The minimum Gasteiger partial charge on any atom is -0.308 e. The molecular weight excluding hydrogens is 642 g/mol. The minimum atomic E-state index is -4.42. The van der Waals surface area contributed by atoms with E-state index in [-0.39, 0.29) is 5.41 Å². The summed E-state index contributed by atoms with van der Waals surface area (Å²) in [7, 11) is 0. The van der Waals surface area contributed by atoms with Crippen LogP contribution in [0.3, 0.4) is 0 Å². The molecule has 0 fully saturated rings. The van der Waals surface area contributed by atoms with Gasteiger partial charge in [-0.3, -0.25) is 0 Å². The third kappa shape index (κ3) is 6.05. The molecule has 0 saturated heterocycles. The van der Waals surface area contributed by atoms with Crippen LogP contribution in [0.4, 0.5) is 13.2 Å². The van der Waals surface area contributed by atoms with Gasteiger partial charge in [-0.25, -0.2) is 15.0 Å². The quantitative estimate of drug-likeness (QED) is 0.182. The Morgan fingerprint density at radius 3 is 1.59 bits per heavy atom. The molecule has 2 heterocycles. The Hall–Kier alpha value is -6.08. The molecule has 4 nitrogen and oxygen atoms in total. The van der Waals surface area contributed by atoms with Crippen molar-refractivity contribution in [2.45, 2.75) is 32.4 Å². The van der Waals surface area contributed by atoms with E-state index in [4.69, 9.17) is 15.0 Å². The molecule has 7 heteroatoms. The van der Waals surface area contributed by atoms with Crippen molar-refractivity contribution in [1.29, 1.82) is 0 Å². The van der Waals surface area contributed by atoms with Gasteiger partial charge in [-0.2, -0.15) is 13.2 Å². The first-order valence-electron chi connectivity index (χ1n) is 16.8. The molecule has 0 atom stereocenters. The van der Waals surface area contributed by atoms with Crippen molar-refractivity contribution in [3.8, 4) is 51.0 Å². The zero-order valence-electron chi connectivity index (χ0n) is 28.3. The van der Waals surface area contributed by atoms with Gasteiger partial charge in [0.1, 0.15) is 0 Å². The number of fused-ring (bicyclic) bond motifs is 3. The Labute approximate surface area is 293 Å². The summed E-state index contributed by atoms with van der Waals surface area (Å²) in [4.78, 5) is 15.0. The number of aromatic nitrogens is 4. The number of nitrogens with zero attached hydrogens (tertiary/aromatic N) is 4. The maximum Gasteiger partial charge on any atom is 0.416 e. The van der Waals surface area contributed by atoms with Crippen LogP contribution in [0.15, 0.2) is 146 Å². The van der Waals surface area contributed by atoms with Crippen LogP contribution >= 0.6 is 0 Å². The van der Waals surface area contributed by atoms with E-state index in [1.165, 1.54) is 17.7 Å². The SMILES string of the molecule is CC(C)(C)c1ccc2c3ccccc3n(-c3cc(-c4ccc(C(F)(F)F)cc4)ccc3-c3nc(-c4ccccc4)nc(-c4ccccc4)n3)c2c1. The predicted octanol–water partition coefficient (Wildman–Crippen LogP) is 12.0. The van der Waals surface area contributed by atoms with Crippen LogP contribution < -0.4 is 0 Å². The normalized spacial score (nSPS) is 12.1. The Balaban J connectivity index is 1.44. The molecule has 0 unspecified atom stereocenters. The molecule has 0 aliphatic heterocycles. The summed E-state index contributed by atoms with van der Waals surface area (Å²) in [5.74, 6) is 1.55. The second kappa shape index (κ2) is 12.4. The van der Waals surface area contributed by atoms with Crippen molar-refractivity contribution in [1.82, 2.24) is 19.5 Å². The predicted molar refractivity (Wildman–Crippen MR) is 200 cm³/mol. The van der Waals surface area contributed by atoms with E-state index >= 15 is 0 Å². The van der Waals surface area contributed by atoms with Crippen LogP contribution in [0.5, 0.6) is 0 Å². The number of benzene rings is 6. The molecule has 0 bridgehead atoms. The lowest BCUT2D eigenvalue weighted by molar-refractivity contribution is -0.137. The Morgan fingerprint density at radius 1 is 0.451 bits per heavy atom. The third-order valence-corrected chi connectivity index (χ3v) is 9.26. The van der Waals surface area contributed by atoms with Crippen LogP contribution in [0, 0.1) is 0 Å². The lowest BCUT2D eigenvalue weighted by Gasteiger charge is -2.20. The van der Waals surface area contributed by atoms with Gasteiger partial charge in [-0.05, 0) is 58.5 Å². The summed E-state index contributed by atoms with van der Waals surface area (Å²) in [6.45, 7) is 6.58. The van der Waals surface area contributed by atoms with Crippen LogP contribution in [0.2, 0.25) is 0 Å². The fraction of sp³-hybridized carbons (Fsp3) is 0.114. The smallest absolute Gasteiger partial charge is 0.308 e. The Kier molecular flexibility index (Phi) is 7.79. The van der Waals surface area contributed by atoms with Gasteiger partial charge in [0.05, 0.1) is 22.3 Å². The molecule has 8 aromatic rings. The molecule has 0 aliphatic rings. The molecule has 0 amide bonds. The van der Waals surface area contributed by atoms with Gasteiger partial charge in [0.25, 0.3) is 0 Å². The zero-order valence-corrected chi connectivity index (χ0v) is 28.3. The summed E-state index contributed by atoms with van der Waals surface area (Å²) in [6, 6.07) is 45.7. The Morgan fingerprint density at radius 2 is 0.980 bits per heavy atom. The fourth-order valence-electron chi connectivity index (χ4n) is 6.56. The highest BCUT2D eigenvalue weighted by atomic mass is 19.4. The summed E-state index contributed by atoms with van der Waals surface area (Å²) in [5.41, 5.74) is 7.08. The average molecular weight is 675 g/mol. The molecule has 51 heavy (non-hydrogen) atoms. The maximum absolute atomic E-state index is 13.5. The molecule has 0 N–H and O–H groups in total. The number of hydrogen-bond donors (Lipinski definition) is 0. The van der Waals surface area contributed by atoms with Gasteiger partial charge in [0.15, 0.2) is 17.5 Å². The topological polar surface area (TPSA) is 43.6 Å². The summed E-state index contributed by atoms with van der Waals surface area (Å²) < 4.78 is 42.8. The summed E-state index contributed by atoms with van der Waals surface area (Å²) >= 11 is 0. The highest BCUT2D eigenvalue weighted by Crippen LogP contribution is 2.40. The first kappa shape index (κ1) is 32.1. The van der Waals surface area contributed by atoms with E-state index in [9.17, 15) is 13.2 Å². The third-order valence-electron chi connectivity index (χ3n) is 9.26. The second-order valence-electron chi connectivity index (χ2n) is 13.7. The molecule has 250 valence electrons. The first-order chi connectivity index (χ1) is 24.5. The van der Waals surface area contributed by atoms with Crippen molar-refractivity contribution in [3.63, 3.8) is 0 Å². The van der Waals surface area contributed by atoms with Crippen molar-refractivity contribution >= 4 is 21.8 Å². The van der Waals surface area contributed by atoms with E-state index in [1.807, 2.05) is 91.0 Å². The first-order valence-corrected chi connectivity index (χ1v) is 16.8. The van der Waals surface area contributed by atoms with Gasteiger partial charge >= 0.3 is 6.18 Å². The molecule has 0 radical (unpaired) electrons. The second-order valence-corrected chi connectivity index (χ2v) is 13.7. The van der Waals surface area contributed by atoms with Crippen LogP contribution in [0.1, 0.15) is 31.9 Å². The number of halogens is 3. The fourth-order valence-corrected chi connectivity index (χ4v) is 6.56. The van der Waals surface area contributed by atoms with Crippen molar-refractivity contribution < 1.29 is 13.2 Å². The van der Waals surface area contributed by atoms with E-state index in [0.29, 0.717) is 23.0 Å². The van der Waals surface area contributed by atoms with Gasteiger partial charge in [0.2, 0.25) is 0 Å². The van der Waals surface area contributed by atoms with Crippen molar-refractivity contribution in [2.75, 3.05) is 0 Å². The molecule has 0 spiro atoms. The molecule has 2 aromatic heterocycles. The van der Waals surface area contributed by atoms with Crippen molar-refractivity contribution in [3.05, 3.63) is 157 Å². The maximum atomic E-state index is 13.5. The lowest BCUT2D eigenvalue weighted by Crippen LogP contribution is -2.11.